The van der Waals surface area contributed by atoms with Crippen molar-refractivity contribution in [1.82, 2.24) is 20.2 Å². The summed E-state index contributed by atoms with van der Waals surface area (Å²) in [5.41, 5.74) is 0.755. The van der Waals surface area contributed by atoms with Crippen LogP contribution in [0.25, 0.3) is 0 Å². The van der Waals surface area contributed by atoms with Crippen LogP contribution in [-0.2, 0) is 6.54 Å². The van der Waals surface area contributed by atoms with Crippen LogP contribution in [-0.4, -0.2) is 38.9 Å². The Balaban J connectivity index is 1.42. The number of nitrogens with one attached hydrogen (secondary N) is 2. The lowest BCUT2D eigenvalue weighted by Gasteiger charge is -2.18. The number of rotatable bonds is 7. The number of urea groups is 1. The Hall–Kier alpha value is -2.54. The molecule has 25 heavy (non-hydrogen) atoms. The van der Waals surface area contributed by atoms with Gasteiger partial charge in [0.25, 0.3) is 0 Å². The van der Waals surface area contributed by atoms with Gasteiger partial charge in [-0.05, 0) is 37.5 Å². The lowest BCUT2D eigenvalue weighted by atomic mass is 10.1. The van der Waals surface area contributed by atoms with Gasteiger partial charge in [-0.1, -0.05) is 12.1 Å². The molecular formula is C18H24N4O3. The van der Waals surface area contributed by atoms with Gasteiger partial charge in [-0.15, -0.1) is 0 Å². The summed E-state index contributed by atoms with van der Waals surface area (Å²) in [5, 5.41) is 24.9. The van der Waals surface area contributed by atoms with Crippen LogP contribution in [0.2, 0.25) is 0 Å². The quantitative estimate of drug-likeness (QED) is 0.614. The number of aromatic hydroxyl groups is 1. The average Bonchev–Trinajstić information content (AvgIpc) is 3.26. The second-order valence-electron chi connectivity index (χ2n) is 6.77. The minimum Gasteiger partial charge on any atom is -0.508 e. The number of imidazole rings is 1. The molecular weight excluding hydrogens is 320 g/mol. The molecule has 3 rings (SSSR count). The molecule has 0 spiro atoms. The van der Waals surface area contributed by atoms with Crippen LogP contribution in [0.4, 0.5) is 4.79 Å². The fraction of sp³-hybridized carbons (Fsp3) is 0.444. The largest absolute Gasteiger partial charge is 0.508 e. The second-order valence-corrected chi connectivity index (χ2v) is 6.77. The third kappa shape index (κ3) is 4.51. The van der Waals surface area contributed by atoms with E-state index in [1.165, 1.54) is 12.1 Å². The highest BCUT2D eigenvalue weighted by molar-refractivity contribution is 5.73. The normalized spacial score (nSPS) is 16.2. The van der Waals surface area contributed by atoms with Gasteiger partial charge in [-0.3, -0.25) is 0 Å². The van der Waals surface area contributed by atoms with E-state index in [2.05, 4.69) is 20.2 Å². The van der Waals surface area contributed by atoms with E-state index in [9.17, 15) is 15.0 Å². The molecule has 134 valence electrons. The summed E-state index contributed by atoms with van der Waals surface area (Å²) in [5.74, 6) is 1.12. The summed E-state index contributed by atoms with van der Waals surface area (Å²) in [6, 6.07) is 5.99. The molecule has 1 aliphatic carbocycles. The minimum absolute atomic E-state index is 0.109. The Kier molecular flexibility index (Phi) is 4.94. The number of hydrogen-bond acceptors (Lipinski definition) is 4. The fourth-order valence-corrected chi connectivity index (χ4v) is 2.83. The van der Waals surface area contributed by atoms with E-state index in [0.29, 0.717) is 12.1 Å². The van der Waals surface area contributed by atoms with Crippen molar-refractivity contribution in [3.8, 4) is 5.75 Å². The van der Waals surface area contributed by atoms with E-state index in [1.54, 1.807) is 18.3 Å². The van der Waals surface area contributed by atoms with Crippen LogP contribution in [0.5, 0.6) is 5.75 Å². The minimum atomic E-state index is -0.810. The Morgan fingerprint density at radius 2 is 2.04 bits per heavy atom. The van der Waals surface area contributed by atoms with Gasteiger partial charge in [0.1, 0.15) is 11.6 Å². The van der Waals surface area contributed by atoms with Crippen LogP contribution >= 0.6 is 0 Å². The standard InChI is InChI=1S/C18H24N4O3/c1-13-19-8-9-22(13)12-18(6-7-18)11-21-17(25)20-10-16(24)14-2-4-15(23)5-3-14/h2-5,8-9,16,23-24H,6-7,10-12H2,1H3,(H2,20,21,25). The summed E-state index contributed by atoms with van der Waals surface area (Å²) in [7, 11) is 0. The number of phenols is 1. The number of amides is 2. The topological polar surface area (TPSA) is 99.4 Å². The second kappa shape index (κ2) is 7.14. The molecule has 1 aromatic heterocycles. The maximum Gasteiger partial charge on any atom is 0.314 e. The molecule has 0 aliphatic heterocycles. The van der Waals surface area contributed by atoms with E-state index in [1.807, 2.05) is 13.1 Å². The molecule has 1 atom stereocenters. The summed E-state index contributed by atoms with van der Waals surface area (Å²) >= 11 is 0. The van der Waals surface area contributed by atoms with Gasteiger partial charge in [-0.25, -0.2) is 9.78 Å². The molecule has 1 heterocycles. The number of aliphatic hydroxyl groups is 1. The number of phenolic OH excluding ortho intramolecular Hbond substituents is 1. The Morgan fingerprint density at radius 1 is 1.32 bits per heavy atom. The number of benzene rings is 1. The van der Waals surface area contributed by atoms with Gasteiger partial charge in [0.05, 0.1) is 6.10 Å². The summed E-state index contributed by atoms with van der Waals surface area (Å²) in [6.07, 6.45) is 5.11. The molecule has 7 heteroatoms. The van der Waals surface area contributed by atoms with Crippen LogP contribution < -0.4 is 10.6 Å². The molecule has 2 amide bonds. The zero-order chi connectivity index (χ0) is 17.9. The maximum absolute atomic E-state index is 12.0. The van der Waals surface area contributed by atoms with Crippen LogP contribution in [0.3, 0.4) is 0 Å². The first-order chi connectivity index (χ1) is 12.0. The van der Waals surface area contributed by atoms with Gasteiger partial charge in [0, 0.05) is 37.4 Å². The summed E-state index contributed by atoms with van der Waals surface area (Å²) in [4.78, 5) is 16.2. The highest BCUT2D eigenvalue weighted by atomic mass is 16.3. The highest BCUT2D eigenvalue weighted by Gasteiger charge is 2.43. The van der Waals surface area contributed by atoms with Gasteiger partial charge < -0.3 is 25.4 Å². The number of carbonyl (C=O) groups is 1. The predicted molar refractivity (Wildman–Crippen MR) is 93.1 cm³/mol. The number of hydrogen-bond donors (Lipinski definition) is 4. The molecule has 0 bridgehead atoms. The van der Waals surface area contributed by atoms with Crippen LogP contribution in [0, 0.1) is 12.3 Å². The van der Waals surface area contributed by atoms with Gasteiger partial charge in [-0.2, -0.15) is 0 Å². The third-order valence-corrected chi connectivity index (χ3v) is 4.74. The highest BCUT2D eigenvalue weighted by Crippen LogP contribution is 2.46. The maximum atomic E-state index is 12.0. The average molecular weight is 344 g/mol. The number of aromatic nitrogens is 2. The molecule has 7 nitrogen and oxygen atoms in total. The van der Waals surface area contributed by atoms with Crippen molar-refractivity contribution in [1.29, 1.82) is 0 Å². The zero-order valence-electron chi connectivity index (χ0n) is 14.3. The third-order valence-electron chi connectivity index (χ3n) is 4.74. The molecule has 0 radical (unpaired) electrons. The number of aryl methyl sites for hydroxylation is 1. The van der Waals surface area contributed by atoms with E-state index in [4.69, 9.17) is 0 Å². The van der Waals surface area contributed by atoms with Gasteiger partial charge in [0.15, 0.2) is 0 Å². The fourth-order valence-electron chi connectivity index (χ4n) is 2.83. The molecule has 4 N–H and O–H groups in total. The van der Waals surface area contributed by atoms with Gasteiger partial charge >= 0.3 is 6.03 Å². The Morgan fingerprint density at radius 3 is 2.64 bits per heavy atom. The zero-order valence-corrected chi connectivity index (χ0v) is 14.3. The first-order valence-corrected chi connectivity index (χ1v) is 8.44. The van der Waals surface area contributed by atoms with Crippen molar-refractivity contribution in [2.45, 2.75) is 32.4 Å². The van der Waals surface area contributed by atoms with Crippen molar-refractivity contribution in [3.05, 3.63) is 48.0 Å². The van der Waals surface area contributed by atoms with E-state index in [0.717, 1.165) is 25.2 Å². The first kappa shape index (κ1) is 17.3. The van der Waals surface area contributed by atoms with Crippen molar-refractivity contribution in [2.24, 2.45) is 5.41 Å². The lowest BCUT2D eigenvalue weighted by Crippen LogP contribution is -2.41. The molecule has 0 saturated heterocycles. The Labute approximate surface area is 146 Å². The molecule has 2 aromatic rings. The SMILES string of the molecule is Cc1nccn1CC1(CNC(=O)NCC(O)c2ccc(O)cc2)CC1. The van der Waals surface area contributed by atoms with Gasteiger partial charge in [0.2, 0.25) is 0 Å². The van der Waals surface area contributed by atoms with Crippen molar-refractivity contribution in [3.63, 3.8) is 0 Å². The molecule has 1 aliphatic rings. The van der Waals surface area contributed by atoms with Crippen molar-refractivity contribution in [2.75, 3.05) is 13.1 Å². The first-order valence-electron chi connectivity index (χ1n) is 8.44. The van der Waals surface area contributed by atoms with Crippen LogP contribution in [0.15, 0.2) is 36.7 Å². The molecule has 1 unspecified atom stereocenters. The monoisotopic (exact) mass is 344 g/mol. The number of aliphatic hydroxyl groups excluding tert-OH is 1. The molecule has 1 aromatic carbocycles. The van der Waals surface area contributed by atoms with Crippen LogP contribution in [0.1, 0.15) is 30.3 Å². The Bertz CT molecular complexity index is 722. The van der Waals surface area contributed by atoms with E-state index < -0.39 is 6.10 Å². The number of nitrogens with zero attached hydrogens (tertiary/aromatic N) is 2. The van der Waals surface area contributed by atoms with E-state index >= 15 is 0 Å². The number of carbonyl (C=O) groups excluding carboxylic acids is 1. The predicted octanol–water partition coefficient (Wildman–Crippen LogP) is 1.71. The van der Waals surface area contributed by atoms with Crippen molar-refractivity contribution >= 4 is 6.03 Å². The lowest BCUT2D eigenvalue weighted by molar-refractivity contribution is 0.172. The van der Waals surface area contributed by atoms with E-state index in [-0.39, 0.29) is 23.7 Å². The molecule has 1 saturated carbocycles. The molecule has 1 fully saturated rings. The summed E-state index contributed by atoms with van der Waals surface area (Å²) < 4.78 is 2.11. The van der Waals surface area contributed by atoms with Crippen molar-refractivity contribution < 1.29 is 15.0 Å². The summed E-state index contributed by atoms with van der Waals surface area (Å²) in [6.45, 7) is 3.55. The smallest absolute Gasteiger partial charge is 0.314 e.